The molecule has 1 atom stereocenters. The van der Waals surface area contributed by atoms with E-state index in [1.807, 2.05) is 12.1 Å². The summed E-state index contributed by atoms with van der Waals surface area (Å²) in [5, 5.41) is 6.56. The average Bonchev–Trinajstić information content (AvgIpc) is 2.70. The number of nitrogens with one attached hydrogen (secondary N) is 2. The molecule has 2 aliphatic rings. The Hall–Kier alpha value is -1.92. The maximum absolute atomic E-state index is 12.5. The minimum atomic E-state index is -0.208. The monoisotopic (exact) mass is 359 g/mol. The van der Waals surface area contributed by atoms with Crippen LogP contribution in [0.3, 0.4) is 0 Å². The highest BCUT2D eigenvalue weighted by Crippen LogP contribution is 2.23. The molecule has 6 nitrogen and oxygen atoms in total. The molecule has 2 aliphatic heterocycles. The summed E-state index contributed by atoms with van der Waals surface area (Å²) in [4.78, 5) is 25.9. The molecule has 0 bridgehead atoms. The number of ether oxygens (including phenoxy) is 1. The number of carbonyl (C=O) groups excluding carboxylic acids is 2. The number of esters is 1. The number of rotatable bonds is 5. The number of hydrogen-bond donors (Lipinski definition) is 2. The smallest absolute Gasteiger partial charge is 0.319 e. The SMILES string of the molecule is COC(=O)CN1CCC(NC(=O)c2ccc([C@@H]3CCCNC3)cc2)CC1. The van der Waals surface area contributed by atoms with Crippen molar-refractivity contribution in [1.82, 2.24) is 15.5 Å². The van der Waals surface area contributed by atoms with Crippen LogP contribution in [0.2, 0.25) is 0 Å². The second kappa shape index (κ2) is 9.14. The van der Waals surface area contributed by atoms with Gasteiger partial charge in [0.1, 0.15) is 0 Å². The molecule has 2 saturated heterocycles. The van der Waals surface area contributed by atoms with E-state index in [0.717, 1.165) is 44.6 Å². The lowest BCUT2D eigenvalue weighted by Crippen LogP contribution is -2.46. The van der Waals surface area contributed by atoms with Crippen molar-refractivity contribution in [2.45, 2.75) is 37.6 Å². The molecule has 2 heterocycles. The number of amides is 1. The summed E-state index contributed by atoms with van der Waals surface area (Å²) >= 11 is 0. The van der Waals surface area contributed by atoms with Crippen LogP contribution in [0.5, 0.6) is 0 Å². The topological polar surface area (TPSA) is 70.7 Å². The standard InChI is InChI=1S/C20H29N3O3/c1-26-19(24)14-23-11-8-18(9-12-23)22-20(25)16-6-4-15(5-7-16)17-3-2-10-21-13-17/h4-7,17-18,21H,2-3,8-14H2,1H3,(H,22,25)/t17-/m1/s1. The van der Waals surface area contributed by atoms with Gasteiger partial charge in [-0.2, -0.15) is 0 Å². The van der Waals surface area contributed by atoms with E-state index >= 15 is 0 Å². The molecule has 2 fully saturated rings. The van der Waals surface area contributed by atoms with E-state index in [2.05, 4.69) is 27.7 Å². The quantitative estimate of drug-likeness (QED) is 0.780. The number of piperidine rings is 2. The van der Waals surface area contributed by atoms with Crippen LogP contribution in [0.1, 0.15) is 47.5 Å². The van der Waals surface area contributed by atoms with Gasteiger partial charge in [-0.05, 0) is 55.8 Å². The van der Waals surface area contributed by atoms with Crippen LogP contribution in [0.15, 0.2) is 24.3 Å². The van der Waals surface area contributed by atoms with Gasteiger partial charge >= 0.3 is 5.97 Å². The Balaban J connectivity index is 1.47. The summed E-state index contributed by atoms with van der Waals surface area (Å²) in [5.41, 5.74) is 2.03. The highest BCUT2D eigenvalue weighted by atomic mass is 16.5. The number of hydrogen-bond acceptors (Lipinski definition) is 5. The van der Waals surface area contributed by atoms with Gasteiger partial charge in [0, 0.05) is 31.2 Å². The van der Waals surface area contributed by atoms with Crippen LogP contribution < -0.4 is 10.6 Å². The lowest BCUT2D eigenvalue weighted by molar-refractivity contribution is -0.142. The van der Waals surface area contributed by atoms with E-state index in [1.54, 1.807) is 0 Å². The summed E-state index contributed by atoms with van der Waals surface area (Å²) in [6, 6.07) is 8.22. The van der Waals surface area contributed by atoms with Crippen molar-refractivity contribution in [3.63, 3.8) is 0 Å². The Morgan fingerprint density at radius 3 is 2.54 bits per heavy atom. The first kappa shape index (κ1) is 18.9. The molecule has 6 heteroatoms. The van der Waals surface area contributed by atoms with Crippen LogP contribution in [-0.4, -0.2) is 62.7 Å². The van der Waals surface area contributed by atoms with Gasteiger partial charge in [-0.3, -0.25) is 14.5 Å². The number of nitrogens with zero attached hydrogens (tertiary/aromatic N) is 1. The van der Waals surface area contributed by atoms with Crippen LogP contribution in [-0.2, 0) is 9.53 Å². The first-order valence-electron chi connectivity index (χ1n) is 9.56. The number of carbonyl (C=O) groups is 2. The summed E-state index contributed by atoms with van der Waals surface area (Å²) in [7, 11) is 1.41. The normalized spacial score (nSPS) is 22.0. The number of benzene rings is 1. The van der Waals surface area contributed by atoms with Crippen LogP contribution in [0.4, 0.5) is 0 Å². The predicted molar refractivity (Wildman–Crippen MR) is 100 cm³/mol. The number of likely N-dealkylation sites (tertiary alicyclic amines) is 1. The number of methoxy groups -OCH3 is 1. The van der Waals surface area contributed by atoms with Gasteiger partial charge in [0.2, 0.25) is 0 Å². The van der Waals surface area contributed by atoms with Crippen molar-refractivity contribution in [3.05, 3.63) is 35.4 Å². The molecule has 0 saturated carbocycles. The van der Waals surface area contributed by atoms with Crippen molar-refractivity contribution < 1.29 is 14.3 Å². The highest BCUT2D eigenvalue weighted by molar-refractivity contribution is 5.94. The predicted octanol–water partition coefficient (Wildman–Crippen LogP) is 1.52. The molecule has 1 aromatic carbocycles. The molecule has 142 valence electrons. The first-order valence-corrected chi connectivity index (χ1v) is 9.56. The Labute approximate surface area is 155 Å². The molecular formula is C20H29N3O3. The van der Waals surface area contributed by atoms with E-state index in [1.165, 1.54) is 25.5 Å². The molecule has 1 aromatic rings. The maximum Gasteiger partial charge on any atom is 0.319 e. The zero-order valence-electron chi connectivity index (χ0n) is 15.5. The highest BCUT2D eigenvalue weighted by Gasteiger charge is 2.23. The fraction of sp³-hybridized carbons (Fsp3) is 0.600. The summed E-state index contributed by atoms with van der Waals surface area (Å²) in [6.07, 6.45) is 4.13. The largest absolute Gasteiger partial charge is 0.468 e. The fourth-order valence-electron chi connectivity index (χ4n) is 3.79. The van der Waals surface area contributed by atoms with Crippen LogP contribution >= 0.6 is 0 Å². The van der Waals surface area contributed by atoms with Gasteiger partial charge < -0.3 is 15.4 Å². The van der Waals surface area contributed by atoms with E-state index in [0.29, 0.717) is 12.5 Å². The lowest BCUT2D eigenvalue weighted by Gasteiger charge is -2.31. The third-order valence-corrected chi connectivity index (χ3v) is 5.44. The molecular weight excluding hydrogens is 330 g/mol. The van der Waals surface area contributed by atoms with Crippen LogP contribution in [0.25, 0.3) is 0 Å². The van der Waals surface area contributed by atoms with Gasteiger partial charge in [0.05, 0.1) is 13.7 Å². The van der Waals surface area contributed by atoms with E-state index < -0.39 is 0 Å². The van der Waals surface area contributed by atoms with E-state index in [-0.39, 0.29) is 17.9 Å². The van der Waals surface area contributed by atoms with E-state index in [9.17, 15) is 9.59 Å². The zero-order valence-corrected chi connectivity index (χ0v) is 15.5. The second-order valence-corrected chi connectivity index (χ2v) is 7.27. The maximum atomic E-state index is 12.5. The Morgan fingerprint density at radius 1 is 1.19 bits per heavy atom. The van der Waals surface area contributed by atoms with Crippen molar-refractivity contribution in [2.75, 3.05) is 39.8 Å². The third kappa shape index (κ3) is 5.05. The average molecular weight is 359 g/mol. The minimum Gasteiger partial charge on any atom is -0.468 e. The van der Waals surface area contributed by atoms with Crippen LogP contribution in [0, 0.1) is 0 Å². The molecule has 0 aromatic heterocycles. The Morgan fingerprint density at radius 2 is 1.92 bits per heavy atom. The summed E-state index contributed by atoms with van der Waals surface area (Å²) in [6.45, 7) is 4.06. The lowest BCUT2D eigenvalue weighted by atomic mass is 9.91. The van der Waals surface area contributed by atoms with Crippen molar-refractivity contribution in [1.29, 1.82) is 0 Å². The Kier molecular flexibility index (Phi) is 6.63. The molecule has 0 aliphatic carbocycles. The minimum absolute atomic E-state index is 0.00950. The molecule has 1 amide bonds. The molecule has 2 N–H and O–H groups in total. The second-order valence-electron chi connectivity index (χ2n) is 7.27. The van der Waals surface area contributed by atoms with Crippen molar-refractivity contribution >= 4 is 11.9 Å². The molecule has 3 rings (SSSR count). The molecule has 0 spiro atoms. The van der Waals surface area contributed by atoms with Gasteiger partial charge in [-0.25, -0.2) is 0 Å². The molecule has 0 unspecified atom stereocenters. The fourth-order valence-corrected chi connectivity index (χ4v) is 3.79. The van der Waals surface area contributed by atoms with Crippen molar-refractivity contribution in [2.24, 2.45) is 0 Å². The van der Waals surface area contributed by atoms with Gasteiger partial charge in [0.25, 0.3) is 5.91 Å². The van der Waals surface area contributed by atoms with Gasteiger partial charge in [0.15, 0.2) is 0 Å². The summed E-state index contributed by atoms with van der Waals surface area (Å²) in [5.74, 6) is 0.338. The molecule has 0 radical (unpaired) electrons. The van der Waals surface area contributed by atoms with E-state index in [4.69, 9.17) is 4.74 Å². The summed E-state index contributed by atoms with van der Waals surface area (Å²) < 4.78 is 4.70. The molecule has 26 heavy (non-hydrogen) atoms. The van der Waals surface area contributed by atoms with Crippen molar-refractivity contribution in [3.8, 4) is 0 Å². The van der Waals surface area contributed by atoms with Gasteiger partial charge in [-0.15, -0.1) is 0 Å². The zero-order chi connectivity index (χ0) is 18.4. The third-order valence-electron chi connectivity index (χ3n) is 5.44. The van der Waals surface area contributed by atoms with Gasteiger partial charge in [-0.1, -0.05) is 12.1 Å². The Bertz CT molecular complexity index is 603. The first-order chi connectivity index (χ1) is 12.7.